The minimum Gasteiger partial charge on any atom is -0.469 e. The first kappa shape index (κ1) is 10.8. The molecule has 0 radical (unpaired) electrons. The van der Waals surface area contributed by atoms with Crippen LogP contribution in [0.25, 0.3) is 0 Å². The molecule has 0 spiro atoms. The Hall–Kier alpha value is -1.29. The average Bonchev–Trinajstić information content (AvgIpc) is 3.01. The number of rotatable bonds is 3. The Balaban J connectivity index is 1.50. The highest BCUT2D eigenvalue weighted by molar-refractivity contribution is 5.76. The molecule has 3 rings (SSSR count). The molecule has 0 bridgehead atoms. The van der Waals surface area contributed by atoms with Gasteiger partial charge in [0.2, 0.25) is 5.91 Å². The molecule has 0 aliphatic carbocycles. The lowest BCUT2D eigenvalue weighted by atomic mass is 10.1. The average molecular weight is 234 g/mol. The molecule has 0 aromatic carbocycles. The van der Waals surface area contributed by atoms with Gasteiger partial charge in [0.25, 0.3) is 0 Å². The van der Waals surface area contributed by atoms with Gasteiger partial charge >= 0.3 is 0 Å². The first-order chi connectivity index (χ1) is 8.33. The van der Waals surface area contributed by atoms with E-state index in [4.69, 9.17) is 4.42 Å². The highest BCUT2D eigenvalue weighted by atomic mass is 16.3. The molecule has 2 saturated heterocycles. The van der Waals surface area contributed by atoms with Crippen LogP contribution in [0.15, 0.2) is 22.8 Å². The van der Waals surface area contributed by atoms with Crippen molar-refractivity contribution < 1.29 is 9.21 Å². The predicted octanol–water partition coefficient (Wildman–Crippen LogP) is 1.03. The van der Waals surface area contributed by atoms with Gasteiger partial charge in [0, 0.05) is 32.0 Å². The molecule has 1 aromatic rings. The summed E-state index contributed by atoms with van der Waals surface area (Å²) in [5, 5.41) is 3.46. The first-order valence-electron chi connectivity index (χ1n) is 6.36. The largest absolute Gasteiger partial charge is 0.469 e. The predicted molar refractivity (Wildman–Crippen MR) is 63.5 cm³/mol. The third-order valence-electron chi connectivity index (χ3n) is 3.88. The van der Waals surface area contributed by atoms with Crippen molar-refractivity contribution in [2.45, 2.75) is 25.3 Å². The molecule has 1 aromatic heterocycles. The summed E-state index contributed by atoms with van der Waals surface area (Å²) >= 11 is 0. The fourth-order valence-corrected chi connectivity index (χ4v) is 2.90. The lowest BCUT2D eigenvalue weighted by Gasteiger charge is -2.16. The van der Waals surface area contributed by atoms with Crippen LogP contribution < -0.4 is 5.32 Å². The monoisotopic (exact) mass is 234 g/mol. The molecule has 1 N–H and O–H groups in total. The number of nitrogens with one attached hydrogen (secondary N) is 1. The van der Waals surface area contributed by atoms with Gasteiger partial charge in [-0.1, -0.05) is 0 Å². The lowest BCUT2D eigenvalue weighted by Crippen LogP contribution is -2.34. The van der Waals surface area contributed by atoms with Crippen LogP contribution in [-0.2, 0) is 11.2 Å². The van der Waals surface area contributed by atoms with E-state index in [0.717, 1.165) is 25.4 Å². The summed E-state index contributed by atoms with van der Waals surface area (Å²) in [5.74, 6) is 1.84. The van der Waals surface area contributed by atoms with Gasteiger partial charge in [-0.15, -0.1) is 0 Å². The van der Waals surface area contributed by atoms with Gasteiger partial charge < -0.3 is 14.6 Å². The second kappa shape index (κ2) is 4.53. The maximum Gasteiger partial charge on any atom is 0.223 e. The summed E-state index contributed by atoms with van der Waals surface area (Å²) in [6.45, 7) is 2.94. The van der Waals surface area contributed by atoms with Crippen molar-refractivity contribution >= 4 is 5.91 Å². The molecule has 17 heavy (non-hydrogen) atoms. The molecular formula is C13H18N2O2. The van der Waals surface area contributed by atoms with Gasteiger partial charge in [-0.2, -0.15) is 0 Å². The second-order valence-corrected chi connectivity index (χ2v) is 4.99. The number of hydrogen-bond donors (Lipinski definition) is 1. The van der Waals surface area contributed by atoms with Crippen molar-refractivity contribution in [3.05, 3.63) is 24.2 Å². The Morgan fingerprint density at radius 3 is 3.24 bits per heavy atom. The summed E-state index contributed by atoms with van der Waals surface area (Å²) in [4.78, 5) is 14.0. The summed E-state index contributed by atoms with van der Waals surface area (Å²) < 4.78 is 5.24. The standard InChI is InChI=1S/C13H18N2O2/c16-13(4-3-11-2-1-7-17-11)15-8-10-5-6-14-12(10)9-15/h1-2,7,10,12,14H,3-6,8-9H2/t10-,12+/m0/s1. The molecule has 0 saturated carbocycles. The number of carbonyl (C=O) groups excluding carboxylic acids is 1. The van der Waals surface area contributed by atoms with Crippen molar-refractivity contribution in [2.24, 2.45) is 5.92 Å². The maximum absolute atomic E-state index is 12.0. The van der Waals surface area contributed by atoms with Crippen LogP contribution in [0, 0.1) is 5.92 Å². The van der Waals surface area contributed by atoms with Crippen molar-refractivity contribution in [2.75, 3.05) is 19.6 Å². The van der Waals surface area contributed by atoms with Crippen LogP contribution in [-0.4, -0.2) is 36.5 Å². The molecule has 92 valence electrons. The Morgan fingerprint density at radius 2 is 2.47 bits per heavy atom. The molecule has 1 amide bonds. The number of furan rings is 1. The summed E-state index contributed by atoms with van der Waals surface area (Å²) in [5.41, 5.74) is 0. The Kier molecular flexibility index (Phi) is 2.89. The highest BCUT2D eigenvalue weighted by Crippen LogP contribution is 2.25. The van der Waals surface area contributed by atoms with Gasteiger partial charge in [0.1, 0.15) is 5.76 Å². The van der Waals surface area contributed by atoms with Gasteiger partial charge in [-0.05, 0) is 31.0 Å². The van der Waals surface area contributed by atoms with E-state index >= 15 is 0 Å². The van der Waals surface area contributed by atoms with E-state index in [0.29, 0.717) is 24.8 Å². The summed E-state index contributed by atoms with van der Waals surface area (Å²) in [7, 11) is 0. The molecule has 2 fully saturated rings. The third kappa shape index (κ3) is 2.22. The topological polar surface area (TPSA) is 45.5 Å². The van der Waals surface area contributed by atoms with Crippen LogP contribution in [0.3, 0.4) is 0 Å². The molecular weight excluding hydrogens is 216 g/mol. The summed E-state index contributed by atoms with van der Waals surface area (Å²) in [6, 6.07) is 4.33. The minimum atomic E-state index is 0.262. The zero-order valence-corrected chi connectivity index (χ0v) is 9.89. The highest BCUT2D eigenvalue weighted by Gasteiger charge is 2.37. The molecule has 0 unspecified atom stereocenters. The number of aryl methyl sites for hydroxylation is 1. The van der Waals surface area contributed by atoms with Crippen LogP contribution in [0.4, 0.5) is 0 Å². The Bertz CT molecular complexity index is 376. The van der Waals surface area contributed by atoms with E-state index < -0.39 is 0 Å². The van der Waals surface area contributed by atoms with Gasteiger partial charge in [0.05, 0.1) is 6.26 Å². The first-order valence-corrected chi connectivity index (χ1v) is 6.36. The smallest absolute Gasteiger partial charge is 0.223 e. The molecule has 2 aliphatic rings. The van der Waals surface area contributed by atoms with Crippen LogP contribution in [0.2, 0.25) is 0 Å². The van der Waals surface area contributed by atoms with E-state index in [1.807, 2.05) is 17.0 Å². The number of hydrogen-bond acceptors (Lipinski definition) is 3. The lowest BCUT2D eigenvalue weighted by molar-refractivity contribution is -0.130. The minimum absolute atomic E-state index is 0.262. The van der Waals surface area contributed by atoms with E-state index in [9.17, 15) is 4.79 Å². The second-order valence-electron chi connectivity index (χ2n) is 4.99. The fourth-order valence-electron chi connectivity index (χ4n) is 2.90. The van der Waals surface area contributed by atoms with Gasteiger partial charge in [-0.3, -0.25) is 4.79 Å². The molecule has 2 aliphatic heterocycles. The molecule has 3 heterocycles. The normalized spacial score (nSPS) is 27.4. The molecule has 2 atom stereocenters. The van der Waals surface area contributed by atoms with E-state index in [1.165, 1.54) is 6.42 Å². The van der Waals surface area contributed by atoms with E-state index in [2.05, 4.69) is 5.32 Å². The zero-order valence-electron chi connectivity index (χ0n) is 9.89. The maximum atomic E-state index is 12.0. The zero-order chi connectivity index (χ0) is 11.7. The van der Waals surface area contributed by atoms with Crippen molar-refractivity contribution in [3.63, 3.8) is 0 Å². The summed E-state index contributed by atoms with van der Waals surface area (Å²) in [6.07, 6.45) is 4.15. The van der Waals surface area contributed by atoms with Gasteiger partial charge in [-0.25, -0.2) is 0 Å². The van der Waals surface area contributed by atoms with Crippen LogP contribution in [0.5, 0.6) is 0 Å². The quantitative estimate of drug-likeness (QED) is 0.849. The SMILES string of the molecule is O=C(CCc1ccco1)N1C[C@@H]2CCN[C@@H]2C1. The van der Waals surface area contributed by atoms with Crippen molar-refractivity contribution in [3.8, 4) is 0 Å². The van der Waals surface area contributed by atoms with Crippen molar-refractivity contribution in [1.29, 1.82) is 0 Å². The van der Waals surface area contributed by atoms with Crippen LogP contribution >= 0.6 is 0 Å². The number of likely N-dealkylation sites (tertiary alicyclic amines) is 1. The molecule has 4 heteroatoms. The number of amides is 1. The number of fused-ring (bicyclic) bond motifs is 1. The van der Waals surface area contributed by atoms with Gasteiger partial charge in [0.15, 0.2) is 0 Å². The fraction of sp³-hybridized carbons (Fsp3) is 0.615. The third-order valence-corrected chi connectivity index (χ3v) is 3.88. The van der Waals surface area contributed by atoms with Crippen molar-refractivity contribution in [1.82, 2.24) is 10.2 Å². The number of nitrogens with zero attached hydrogens (tertiary/aromatic N) is 1. The van der Waals surface area contributed by atoms with E-state index in [1.54, 1.807) is 6.26 Å². The van der Waals surface area contributed by atoms with Crippen LogP contribution in [0.1, 0.15) is 18.6 Å². The Morgan fingerprint density at radius 1 is 1.53 bits per heavy atom. The number of carbonyl (C=O) groups is 1. The Labute approximate surface area is 101 Å². The van der Waals surface area contributed by atoms with E-state index in [-0.39, 0.29) is 5.91 Å². The molecule has 4 nitrogen and oxygen atoms in total.